The molecule has 4 fully saturated rings. The average Bonchev–Trinajstić information content (AvgIpc) is 2.54. The van der Waals surface area contributed by atoms with E-state index in [0.29, 0.717) is 18.3 Å². The second-order valence-electron chi connectivity index (χ2n) is 9.61. The topological polar surface area (TPSA) is 49.8 Å². The lowest BCUT2D eigenvalue weighted by Crippen LogP contribution is -2.61. The second kappa shape index (κ2) is 8.18. The van der Waals surface area contributed by atoms with Gasteiger partial charge in [-0.2, -0.15) is 0 Å². The van der Waals surface area contributed by atoms with Crippen molar-refractivity contribution in [2.24, 2.45) is 17.3 Å². The highest BCUT2D eigenvalue weighted by molar-refractivity contribution is 5.76. The molecule has 0 radical (unpaired) electrons. The predicted octanol–water partition coefficient (Wildman–Crippen LogP) is 4.40. The smallest absolute Gasteiger partial charge is 0.312 e. The van der Waals surface area contributed by atoms with Gasteiger partial charge < -0.3 is 14.7 Å². The molecular formula is C22H41NO3. The van der Waals surface area contributed by atoms with Crippen molar-refractivity contribution in [2.75, 3.05) is 19.6 Å². The van der Waals surface area contributed by atoms with Crippen LogP contribution in [0.25, 0.3) is 0 Å². The van der Waals surface area contributed by atoms with E-state index in [1.165, 1.54) is 26.1 Å². The van der Waals surface area contributed by atoms with Gasteiger partial charge in [0.15, 0.2) is 0 Å². The van der Waals surface area contributed by atoms with Crippen LogP contribution in [0.1, 0.15) is 86.5 Å². The van der Waals surface area contributed by atoms with E-state index in [1.54, 1.807) is 0 Å². The SMILES string of the molecule is CCC(C)(C)C(=O)OC12CC3CC(CC(O)(C3)C1)C2.CCN(CC)CC. The minimum absolute atomic E-state index is 0.0828. The van der Waals surface area contributed by atoms with Crippen LogP contribution in [0.5, 0.6) is 0 Å². The van der Waals surface area contributed by atoms with Gasteiger partial charge >= 0.3 is 5.97 Å². The number of esters is 1. The molecule has 0 aromatic rings. The number of carbonyl (C=O) groups is 1. The maximum absolute atomic E-state index is 12.4. The van der Waals surface area contributed by atoms with Gasteiger partial charge in [-0.05, 0) is 83.8 Å². The van der Waals surface area contributed by atoms with E-state index in [1.807, 2.05) is 20.8 Å². The third kappa shape index (κ3) is 4.81. The molecule has 152 valence electrons. The Morgan fingerprint density at radius 3 is 1.88 bits per heavy atom. The third-order valence-electron chi connectivity index (χ3n) is 7.06. The number of hydrogen-bond donors (Lipinski definition) is 1. The fraction of sp³-hybridized carbons (Fsp3) is 0.955. The maximum atomic E-state index is 12.4. The minimum atomic E-state index is -0.555. The fourth-order valence-electron chi connectivity index (χ4n) is 5.40. The summed E-state index contributed by atoms with van der Waals surface area (Å²) in [6, 6.07) is 0. The Hall–Kier alpha value is -0.610. The number of hydrogen-bond acceptors (Lipinski definition) is 4. The monoisotopic (exact) mass is 367 g/mol. The Morgan fingerprint density at radius 2 is 1.54 bits per heavy atom. The molecule has 4 saturated carbocycles. The molecule has 0 saturated heterocycles. The van der Waals surface area contributed by atoms with Gasteiger partial charge in [0.05, 0.1) is 11.0 Å². The molecule has 2 unspecified atom stereocenters. The molecular weight excluding hydrogens is 326 g/mol. The van der Waals surface area contributed by atoms with Crippen LogP contribution in [0.4, 0.5) is 0 Å². The first-order valence-electron chi connectivity index (χ1n) is 10.8. The molecule has 4 rings (SSSR count). The van der Waals surface area contributed by atoms with E-state index in [9.17, 15) is 9.90 Å². The number of aliphatic hydroxyl groups is 1. The number of nitrogens with zero attached hydrogens (tertiary/aromatic N) is 1. The zero-order valence-electron chi connectivity index (χ0n) is 17.9. The Bertz CT molecular complexity index is 464. The summed E-state index contributed by atoms with van der Waals surface area (Å²) in [5.74, 6) is 1.04. The zero-order valence-corrected chi connectivity index (χ0v) is 17.9. The second-order valence-corrected chi connectivity index (χ2v) is 9.61. The van der Waals surface area contributed by atoms with Crippen LogP contribution in [0, 0.1) is 17.3 Å². The van der Waals surface area contributed by atoms with Gasteiger partial charge in [-0.25, -0.2) is 0 Å². The molecule has 0 aliphatic heterocycles. The summed E-state index contributed by atoms with van der Waals surface area (Å²) in [4.78, 5) is 14.8. The summed E-state index contributed by atoms with van der Waals surface area (Å²) in [5.41, 5.74) is -1.32. The quantitative estimate of drug-likeness (QED) is 0.707. The first kappa shape index (κ1) is 21.7. The summed E-state index contributed by atoms with van der Waals surface area (Å²) in [6.07, 6.45) is 6.45. The normalized spacial score (nSPS) is 35.2. The molecule has 4 heteroatoms. The number of rotatable bonds is 6. The van der Waals surface area contributed by atoms with Crippen LogP contribution in [-0.2, 0) is 9.53 Å². The maximum Gasteiger partial charge on any atom is 0.312 e. The van der Waals surface area contributed by atoms with E-state index in [-0.39, 0.29) is 11.6 Å². The highest BCUT2D eigenvalue weighted by Gasteiger charge is 2.59. The van der Waals surface area contributed by atoms with Crippen molar-refractivity contribution in [3.05, 3.63) is 0 Å². The molecule has 26 heavy (non-hydrogen) atoms. The Labute approximate surface area is 160 Å². The van der Waals surface area contributed by atoms with E-state index in [4.69, 9.17) is 4.74 Å². The Morgan fingerprint density at radius 1 is 1.04 bits per heavy atom. The van der Waals surface area contributed by atoms with Gasteiger partial charge in [0, 0.05) is 6.42 Å². The van der Waals surface area contributed by atoms with Crippen molar-refractivity contribution < 1.29 is 14.6 Å². The van der Waals surface area contributed by atoms with Crippen molar-refractivity contribution in [2.45, 2.75) is 97.7 Å². The van der Waals surface area contributed by atoms with Crippen LogP contribution < -0.4 is 0 Å². The first-order valence-corrected chi connectivity index (χ1v) is 10.8. The zero-order chi connectivity index (χ0) is 19.6. The van der Waals surface area contributed by atoms with Crippen LogP contribution in [0.3, 0.4) is 0 Å². The van der Waals surface area contributed by atoms with Crippen LogP contribution in [-0.4, -0.2) is 46.8 Å². The molecule has 1 N–H and O–H groups in total. The fourth-order valence-corrected chi connectivity index (χ4v) is 5.40. The van der Waals surface area contributed by atoms with Gasteiger partial charge in [0.2, 0.25) is 0 Å². The summed E-state index contributed by atoms with van der Waals surface area (Å²) >= 11 is 0. The average molecular weight is 368 g/mol. The van der Waals surface area contributed by atoms with Crippen molar-refractivity contribution >= 4 is 5.97 Å². The van der Waals surface area contributed by atoms with E-state index < -0.39 is 11.0 Å². The van der Waals surface area contributed by atoms with Crippen LogP contribution in [0.2, 0.25) is 0 Å². The van der Waals surface area contributed by atoms with Crippen LogP contribution >= 0.6 is 0 Å². The molecule has 0 aromatic carbocycles. The summed E-state index contributed by atoms with van der Waals surface area (Å²) in [7, 11) is 0. The van der Waals surface area contributed by atoms with E-state index >= 15 is 0 Å². The summed E-state index contributed by atoms with van der Waals surface area (Å²) < 4.78 is 5.97. The lowest BCUT2D eigenvalue weighted by molar-refractivity contribution is -0.225. The van der Waals surface area contributed by atoms with Crippen molar-refractivity contribution in [3.8, 4) is 0 Å². The minimum Gasteiger partial charge on any atom is -0.459 e. The van der Waals surface area contributed by atoms with Gasteiger partial charge in [0.1, 0.15) is 5.60 Å². The Kier molecular flexibility index (Phi) is 6.82. The molecule has 4 aliphatic carbocycles. The van der Waals surface area contributed by atoms with Gasteiger partial charge in [0.25, 0.3) is 0 Å². The summed E-state index contributed by atoms with van der Waals surface area (Å²) in [6.45, 7) is 16.0. The molecule has 2 atom stereocenters. The molecule has 0 heterocycles. The molecule has 0 amide bonds. The highest BCUT2D eigenvalue weighted by atomic mass is 16.6. The van der Waals surface area contributed by atoms with Crippen molar-refractivity contribution in [1.29, 1.82) is 0 Å². The lowest BCUT2D eigenvalue weighted by atomic mass is 9.52. The number of carbonyl (C=O) groups excluding carboxylic acids is 1. The standard InChI is InChI=1S/C16H26O3.C6H15N/c1-4-14(2,3)13(17)19-16-8-11-5-12(9-16)7-15(18,6-11)10-16;1-4-7(5-2)6-3/h11-12,18H,4-10H2,1-3H3;4-6H2,1-3H3. The molecule has 0 spiro atoms. The van der Waals surface area contributed by atoms with Crippen molar-refractivity contribution in [3.63, 3.8) is 0 Å². The van der Waals surface area contributed by atoms with Gasteiger partial charge in [-0.3, -0.25) is 4.79 Å². The molecule has 0 aromatic heterocycles. The van der Waals surface area contributed by atoms with Crippen LogP contribution in [0.15, 0.2) is 0 Å². The largest absolute Gasteiger partial charge is 0.459 e. The first-order chi connectivity index (χ1) is 12.1. The van der Waals surface area contributed by atoms with Gasteiger partial charge in [-0.15, -0.1) is 0 Å². The third-order valence-corrected chi connectivity index (χ3v) is 7.06. The Balaban J connectivity index is 0.000000298. The molecule has 4 aliphatic rings. The van der Waals surface area contributed by atoms with E-state index in [0.717, 1.165) is 32.1 Å². The van der Waals surface area contributed by atoms with Gasteiger partial charge in [-0.1, -0.05) is 27.7 Å². The molecule has 4 bridgehead atoms. The predicted molar refractivity (Wildman–Crippen MR) is 106 cm³/mol. The molecule has 4 nitrogen and oxygen atoms in total. The van der Waals surface area contributed by atoms with Crippen molar-refractivity contribution in [1.82, 2.24) is 4.90 Å². The van der Waals surface area contributed by atoms with E-state index in [2.05, 4.69) is 25.7 Å². The number of ether oxygens (including phenoxy) is 1. The summed E-state index contributed by atoms with van der Waals surface area (Å²) in [5, 5.41) is 10.6. The lowest BCUT2D eigenvalue weighted by Gasteiger charge is -2.59. The highest BCUT2D eigenvalue weighted by Crippen LogP contribution is 2.59.